The highest BCUT2D eigenvalue weighted by Gasteiger charge is 2.26. The maximum atomic E-state index is 13.9. The number of halogens is 1. The molecule has 0 N–H and O–H groups in total. The summed E-state index contributed by atoms with van der Waals surface area (Å²) in [6.45, 7) is 2.45. The fourth-order valence-electron chi connectivity index (χ4n) is 3.65. The second-order valence-corrected chi connectivity index (χ2v) is 7.27. The van der Waals surface area contributed by atoms with Crippen molar-refractivity contribution < 1.29 is 4.39 Å². The van der Waals surface area contributed by atoms with Gasteiger partial charge >= 0.3 is 0 Å². The van der Waals surface area contributed by atoms with Crippen LogP contribution < -0.4 is 9.80 Å². The van der Waals surface area contributed by atoms with Crippen molar-refractivity contribution >= 4 is 11.8 Å². The van der Waals surface area contributed by atoms with E-state index in [2.05, 4.69) is 29.4 Å². The summed E-state index contributed by atoms with van der Waals surface area (Å²) in [5, 5.41) is 0. The fraction of sp³-hybridized carbons (Fsp3) is 0.400. The third kappa shape index (κ3) is 3.81. The van der Waals surface area contributed by atoms with Gasteiger partial charge in [0, 0.05) is 64.4 Å². The van der Waals surface area contributed by atoms with E-state index in [4.69, 9.17) is 0 Å². The summed E-state index contributed by atoms with van der Waals surface area (Å²) in [5.74, 6) is 2.01. The average Bonchev–Trinajstić information content (AvgIpc) is 3.17. The molecule has 7 nitrogen and oxygen atoms in total. The van der Waals surface area contributed by atoms with Gasteiger partial charge in [-0.25, -0.2) is 14.4 Å². The summed E-state index contributed by atoms with van der Waals surface area (Å²) in [7, 11) is 3.56. The molecule has 0 aromatic carbocycles. The van der Waals surface area contributed by atoms with Gasteiger partial charge in [-0.15, -0.1) is 0 Å². The molecule has 146 valence electrons. The van der Waals surface area contributed by atoms with Crippen LogP contribution in [-0.4, -0.2) is 51.7 Å². The number of anilines is 2. The molecule has 8 heteroatoms. The molecule has 3 aromatic heterocycles. The molecule has 1 fully saturated rings. The molecule has 0 aliphatic carbocycles. The Kier molecular flexibility index (Phi) is 5.18. The fourth-order valence-corrected chi connectivity index (χ4v) is 3.65. The monoisotopic (exact) mass is 381 g/mol. The van der Waals surface area contributed by atoms with Crippen molar-refractivity contribution in [1.82, 2.24) is 24.5 Å². The molecule has 0 atom stereocenters. The third-order valence-electron chi connectivity index (χ3n) is 5.13. The Bertz CT molecular complexity index is 917. The van der Waals surface area contributed by atoms with E-state index in [1.807, 2.05) is 36.9 Å². The number of hydrogen-bond donors (Lipinski definition) is 0. The number of rotatable bonds is 5. The Morgan fingerprint density at radius 3 is 2.57 bits per heavy atom. The molecule has 3 aromatic rings. The molecule has 28 heavy (non-hydrogen) atoms. The minimum Gasteiger partial charge on any atom is -0.360 e. The first-order valence-corrected chi connectivity index (χ1v) is 9.46. The summed E-state index contributed by atoms with van der Waals surface area (Å²) in [5.41, 5.74) is 1.21. The largest absolute Gasteiger partial charge is 0.360 e. The number of piperidine rings is 1. The van der Waals surface area contributed by atoms with E-state index in [1.165, 1.54) is 11.8 Å². The van der Waals surface area contributed by atoms with E-state index in [-0.39, 0.29) is 0 Å². The highest BCUT2D eigenvalue weighted by atomic mass is 19.1. The van der Waals surface area contributed by atoms with Crippen LogP contribution >= 0.6 is 0 Å². The molecule has 0 radical (unpaired) electrons. The summed E-state index contributed by atoms with van der Waals surface area (Å²) < 4.78 is 16.1. The lowest BCUT2D eigenvalue weighted by Crippen LogP contribution is -2.35. The summed E-state index contributed by atoms with van der Waals surface area (Å²) in [4.78, 5) is 21.1. The van der Waals surface area contributed by atoms with Crippen LogP contribution in [0, 0.1) is 5.82 Å². The maximum absolute atomic E-state index is 13.9. The first kappa shape index (κ1) is 18.3. The van der Waals surface area contributed by atoms with Crippen LogP contribution in [0.1, 0.15) is 30.1 Å². The van der Waals surface area contributed by atoms with E-state index >= 15 is 0 Å². The molecule has 1 aliphatic rings. The smallest absolute Gasteiger partial charge is 0.227 e. The Labute approximate surface area is 163 Å². The minimum absolute atomic E-state index is 0.319. The Morgan fingerprint density at radius 2 is 1.86 bits per heavy atom. The number of pyridine rings is 1. The number of imidazole rings is 1. The average molecular weight is 381 g/mol. The summed E-state index contributed by atoms with van der Waals surface area (Å²) in [6, 6.07) is 4.06. The zero-order valence-corrected chi connectivity index (χ0v) is 16.2. The summed E-state index contributed by atoms with van der Waals surface area (Å²) >= 11 is 0. The van der Waals surface area contributed by atoms with Crippen LogP contribution in [0.25, 0.3) is 0 Å². The van der Waals surface area contributed by atoms with Crippen molar-refractivity contribution in [3.63, 3.8) is 0 Å². The predicted octanol–water partition coefficient (Wildman–Crippen LogP) is 2.71. The first-order valence-electron chi connectivity index (χ1n) is 9.46. The first-order chi connectivity index (χ1) is 13.6. The predicted molar refractivity (Wildman–Crippen MR) is 106 cm³/mol. The Morgan fingerprint density at radius 1 is 1.11 bits per heavy atom. The SMILES string of the molecule is CN(C)c1nc(N2CCC(c3nccn3Cc3ccncc3)CC2)ncc1F. The van der Waals surface area contributed by atoms with Crippen LogP contribution in [0.4, 0.5) is 16.2 Å². The van der Waals surface area contributed by atoms with Gasteiger partial charge in [0.2, 0.25) is 5.95 Å². The van der Waals surface area contributed by atoms with E-state index in [1.54, 1.807) is 19.0 Å². The zero-order chi connectivity index (χ0) is 19.5. The van der Waals surface area contributed by atoms with Crippen molar-refractivity contribution in [1.29, 1.82) is 0 Å². The van der Waals surface area contributed by atoms with Gasteiger partial charge in [-0.1, -0.05) is 0 Å². The maximum Gasteiger partial charge on any atom is 0.227 e. The lowest BCUT2D eigenvalue weighted by atomic mass is 9.96. The van der Waals surface area contributed by atoms with Gasteiger partial charge in [0.25, 0.3) is 0 Å². The highest BCUT2D eigenvalue weighted by molar-refractivity contribution is 5.44. The summed E-state index contributed by atoms with van der Waals surface area (Å²) in [6.07, 6.45) is 10.7. The van der Waals surface area contributed by atoms with Crippen molar-refractivity contribution in [3.8, 4) is 0 Å². The molecule has 0 saturated carbocycles. The Balaban J connectivity index is 1.44. The number of aromatic nitrogens is 5. The zero-order valence-electron chi connectivity index (χ0n) is 16.2. The molecular weight excluding hydrogens is 357 g/mol. The number of nitrogens with zero attached hydrogens (tertiary/aromatic N) is 7. The molecule has 1 saturated heterocycles. The van der Waals surface area contributed by atoms with E-state index in [0.717, 1.165) is 38.3 Å². The van der Waals surface area contributed by atoms with E-state index in [9.17, 15) is 4.39 Å². The Hall–Kier alpha value is -3.03. The van der Waals surface area contributed by atoms with E-state index in [0.29, 0.717) is 17.7 Å². The van der Waals surface area contributed by atoms with Crippen molar-refractivity contribution in [3.05, 3.63) is 60.3 Å². The van der Waals surface area contributed by atoms with Crippen LogP contribution in [0.15, 0.2) is 43.1 Å². The van der Waals surface area contributed by atoms with Crippen molar-refractivity contribution in [2.45, 2.75) is 25.3 Å². The quantitative estimate of drug-likeness (QED) is 0.677. The standard InChI is InChI=1S/C20H24FN7/c1-26(2)19-17(21)13-24-20(25-19)27-10-5-16(6-11-27)18-23-9-12-28(18)14-15-3-7-22-8-4-15/h3-4,7-9,12-13,16H,5-6,10-11,14H2,1-2H3. The van der Waals surface area contributed by atoms with Crippen molar-refractivity contribution in [2.24, 2.45) is 0 Å². The van der Waals surface area contributed by atoms with Gasteiger partial charge in [0.05, 0.1) is 6.20 Å². The van der Waals surface area contributed by atoms with Gasteiger partial charge in [0.15, 0.2) is 11.6 Å². The molecule has 1 aliphatic heterocycles. The molecule has 4 rings (SSSR count). The van der Waals surface area contributed by atoms with Crippen molar-refractivity contribution in [2.75, 3.05) is 37.0 Å². The molecule has 0 unspecified atom stereocenters. The van der Waals surface area contributed by atoms with Crippen LogP contribution in [0.5, 0.6) is 0 Å². The molecule has 0 spiro atoms. The topological polar surface area (TPSA) is 63.0 Å². The normalized spacial score (nSPS) is 15.0. The van der Waals surface area contributed by atoms with Gasteiger partial charge in [-0.2, -0.15) is 4.98 Å². The number of hydrogen-bond acceptors (Lipinski definition) is 6. The second-order valence-electron chi connectivity index (χ2n) is 7.27. The van der Waals surface area contributed by atoms with Gasteiger partial charge in [-0.3, -0.25) is 4.98 Å². The minimum atomic E-state index is -0.401. The second kappa shape index (κ2) is 7.92. The van der Waals surface area contributed by atoms with Gasteiger partial charge < -0.3 is 14.4 Å². The lowest BCUT2D eigenvalue weighted by Gasteiger charge is -2.32. The van der Waals surface area contributed by atoms with Crippen LogP contribution in [0.3, 0.4) is 0 Å². The van der Waals surface area contributed by atoms with Gasteiger partial charge in [-0.05, 0) is 30.5 Å². The molecule has 0 bridgehead atoms. The highest BCUT2D eigenvalue weighted by Crippen LogP contribution is 2.29. The third-order valence-corrected chi connectivity index (χ3v) is 5.13. The van der Waals surface area contributed by atoms with Crippen LogP contribution in [-0.2, 0) is 6.54 Å². The van der Waals surface area contributed by atoms with E-state index < -0.39 is 5.82 Å². The van der Waals surface area contributed by atoms with Crippen LogP contribution in [0.2, 0.25) is 0 Å². The molecule has 4 heterocycles. The molecular formula is C20H24FN7. The lowest BCUT2D eigenvalue weighted by molar-refractivity contribution is 0.465. The molecule has 0 amide bonds. The van der Waals surface area contributed by atoms with Gasteiger partial charge in [0.1, 0.15) is 5.82 Å².